The fraction of sp³-hybridized carbons (Fsp3) is 0.250. The van der Waals surface area contributed by atoms with Crippen LogP contribution in [0.4, 0.5) is 0 Å². The van der Waals surface area contributed by atoms with Crippen molar-refractivity contribution in [1.29, 1.82) is 0 Å². The third kappa shape index (κ3) is 4.87. The predicted molar refractivity (Wildman–Crippen MR) is 127 cm³/mol. The second kappa shape index (κ2) is 9.82. The molecule has 5 heteroatoms. The van der Waals surface area contributed by atoms with Crippen LogP contribution in [0.25, 0.3) is 0 Å². The maximum Gasteiger partial charge on any atom is 0.163 e. The third-order valence-electron chi connectivity index (χ3n) is 6.25. The summed E-state index contributed by atoms with van der Waals surface area (Å²) < 4.78 is 8.75. The molecule has 0 N–H and O–H groups in total. The Balaban J connectivity index is 1.50. The van der Waals surface area contributed by atoms with E-state index < -0.39 is 0 Å². The number of Topliss-reactive ketones (excluding diaryl/α,β-unsaturated/α-hetero) is 1. The van der Waals surface area contributed by atoms with Gasteiger partial charge in [0.25, 0.3) is 0 Å². The summed E-state index contributed by atoms with van der Waals surface area (Å²) in [6, 6.07) is 20.2. The van der Waals surface area contributed by atoms with E-state index in [9.17, 15) is 4.79 Å². The largest absolute Gasteiger partial charge is 0.484 e. The number of carbonyl (C=O) groups excluding carboxylic acids is 1. The Kier molecular flexibility index (Phi) is 6.29. The van der Waals surface area contributed by atoms with Gasteiger partial charge >= 0.3 is 0 Å². The Morgan fingerprint density at radius 3 is 2.61 bits per heavy atom. The normalized spacial score (nSPS) is 14.0. The van der Waals surface area contributed by atoms with E-state index in [0.717, 1.165) is 59.4 Å². The number of ether oxygens (including phenoxy) is 1. The summed E-state index contributed by atoms with van der Waals surface area (Å²) in [7, 11) is 0. The molecule has 1 aliphatic rings. The quantitative estimate of drug-likeness (QED) is 0.370. The van der Waals surface area contributed by atoms with Crippen molar-refractivity contribution in [3.63, 3.8) is 0 Å². The highest BCUT2D eigenvalue weighted by Gasteiger charge is 2.24. The van der Waals surface area contributed by atoms with Crippen LogP contribution in [0.3, 0.4) is 0 Å². The molecule has 2 aromatic carbocycles. The van der Waals surface area contributed by atoms with Crippen molar-refractivity contribution < 1.29 is 9.53 Å². The number of hydrogen-bond donors (Lipinski definition) is 0. The highest BCUT2D eigenvalue weighted by Crippen LogP contribution is 2.35. The molecule has 1 unspecified atom stereocenters. The average Bonchev–Trinajstić information content (AvgIpc) is 3.37. The molecular weight excluding hydrogens is 410 g/mol. The van der Waals surface area contributed by atoms with Crippen molar-refractivity contribution in [3.8, 4) is 5.75 Å². The van der Waals surface area contributed by atoms with Crippen molar-refractivity contribution in [2.75, 3.05) is 0 Å². The topological polar surface area (TPSA) is 57.0 Å². The Hall–Kier alpha value is -3.73. The fourth-order valence-corrected chi connectivity index (χ4v) is 4.58. The highest BCUT2D eigenvalue weighted by molar-refractivity contribution is 5.99. The summed E-state index contributed by atoms with van der Waals surface area (Å²) in [6.45, 7) is 0.652. The lowest BCUT2D eigenvalue weighted by Crippen LogP contribution is -2.18. The summed E-state index contributed by atoms with van der Waals surface area (Å²) in [4.78, 5) is 21.3. The molecule has 1 aliphatic carbocycles. The van der Waals surface area contributed by atoms with Gasteiger partial charge in [-0.25, -0.2) is 4.98 Å². The van der Waals surface area contributed by atoms with E-state index in [4.69, 9.17) is 4.74 Å². The predicted octanol–water partition coefficient (Wildman–Crippen LogP) is 5.40. The molecule has 5 rings (SSSR count). The smallest absolute Gasteiger partial charge is 0.163 e. The molecule has 33 heavy (non-hydrogen) atoms. The van der Waals surface area contributed by atoms with Crippen molar-refractivity contribution in [1.82, 2.24) is 14.5 Å². The maximum absolute atomic E-state index is 12.6. The lowest BCUT2D eigenvalue weighted by Gasteiger charge is -2.26. The van der Waals surface area contributed by atoms with E-state index in [2.05, 4.69) is 22.1 Å². The number of aromatic nitrogens is 3. The average molecular weight is 438 g/mol. The van der Waals surface area contributed by atoms with Crippen LogP contribution in [0.5, 0.6) is 5.75 Å². The summed E-state index contributed by atoms with van der Waals surface area (Å²) in [5.41, 5.74) is 5.29. The molecule has 1 atom stereocenters. The first-order valence-electron chi connectivity index (χ1n) is 11.5. The summed E-state index contributed by atoms with van der Waals surface area (Å²) in [6.07, 6.45) is 11.2. The van der Waals surface area contributed by atoms with Gasteiger partial charge in [-0.05, 0) is 66.6 Å². The molecule has 4 aromatic rings. The molecule has 2 heterocycles. The second-order valence-electron chi connectivity index (χ2n) is 8.44. The van der Waals surface area contributed by atoms with Gasteiger partial charge in [0.2, 0.25) is 0 Å². The van der Waals surface area contributed by atoms with Crippen LogP contribution in [0, 0.1) is 0 Å². The van der Waals surface area contributed by atoms with Crippen molar-refractivity contribution in [3.05, 3.63) is 114 Å². The number of imidazole rings is 1. The van der Waals surface area contributed by atoms with Gasteiger partial charge in [-0.1, -0.05) is 36.4 Å². The Morgan fingerprint density at radius 2 is 1.82 bits per heavy atom. The van der Waals surface area contributed by atoms with E-state index in [1.807, 2.05) is 71.8 Å². The molecular formula is C28H27N3O2. The molecule has 0 amide bonds. The van der Waals surface area contributed by atoms with Crippen LogP contribution in [0.2, 0.25) is 0 Å². The zero-order valence-electron chi connectivity index (χ0n) is 18.6. The Labute approximate surface area is 194 Å². The number of fused-ring (bicyclic) bond motifs is 1. The number of benzene rings is 2. The van der Waals surface area contributed by atoms with Crippen molar-refractivity contribution in [2.45, 2.75) is 44.8 Å². The molecule has 0 saturated carbocycles. The minimum atomic E-state index is -0.175. The lowest BCUT2D eigenvalue weighted by molar-refractivity contribution is 0.0972. The summed E-state index contributed by atoms with van der Waals surface area (Å²) >= 11 is 0. The van der Waals surface area contributed by atoms with Gasteiger partial charge in [0, 0.05) is 36.3 Å². The number of rotatable bonds is 8. The fourth-order valence-electron chi connectivity index (χ4n) is 4.58. The van der Waals surface area contributed by atoms with Gasteiger partial charge in [0.1, 0.15) is 11.9 Å². The standard InChI is InChI=1S/C28H27N3O2/c32-26-11-6-10-23-24(26)14-15-27(25(23)13-12-22-9-4-5-16-30-22)33-28(19-31-18-17-29-20-31)21-7-2-1-3-8-21/h1-5,7-9,14-18,20,28H,6,10-13,19H2. The van der Waals surface area contributed by atoms with E-state index in [0.29, 0.717) is 13.0 Å². The second-order valence-corrected chi connectivity index (χ2v) is 8.44. The molecule has 0 fully saturated rings. The number of pyridine rings is 1. The van der Waals surface area contributed by atoms with Crippen LogP contribution >= 0.6 is 0 Å². The number of aryl methyl sites for hydroxylation is 1. The van der Waals surface area contributed by atoms with Crippen molar-refractivity contribution in [2.24, 2.45) is 0 Å². The SMILES string of the molecule is O=C1CCCc2c1ccc(OC(Cn1ccnc1)c1ccccc1)c2CCc1ccccn1. The zero-order chi connectivity index (χ0) is 22.5. The van der Waals surface area contributed by atoms with Crippen LogP contribution in [-0.4, -0.2) is 20.3 Å². The first-order valence-corrected chi connectivity index (χ1v) is 11.5. The minimum absolute atomic E-state index is 0.175. The molecule has 0 spiro atoms. The zero-order valence-corrected chi connectivity index (χ0v) is 18.6. The molecule has 0 aliphatic heterocycles. The lowest BCUT2D eigenvalue weighted by atomic mass is 9.85. The Morgan fingerprint density at radius 1 is 0.939 bits per heavy atom. The van der Waals surface area contributed by atoms with Gasteiger partial charge in [-0.2, -0.15) is 0 Å². The molecule has 0 radical (unpaired) electrons. The van der Waals surface area contributed by atoms with E-state index in [-0.39, 0.29) is 11.9 Å². The van der Waals surface area contributed by atoms with E-state index in [1.54, 1.807) is 6.20 Å². The highest BCUT2D eigenvalue weighted by atomic mass is 16.5. The van der Waals surface area contributed by atoms with Crippen LogP contribution in [0.1, 0.15) is 51.7 Å². The molecule has 0 bridgehead atoms. The van der Waals surface area contributed by atoms with Gasteiger partial charge in [0.05, 0.1) is 12.9 Å². The van der Waals surface area contributed by atoms with Crippen LogP contribution in [0.15, 0.2) is 85.6 Å². The van der Waals surface area contributed by atoms with Gasteiger partial charge in [0.15, 0.2) is 5.78 Å². The molecule has 5 nitrogen and oxygen atoms in total. The van der Waals surface area contributed by atoms with Gasteiger partial charge in [-0.3, -0.25) is 9.78 Å². The number of ketones is 1. The summed E-state index contributed by atoms with van der Waals surface area (Å²) in [5, 5.41) is 0. The number of hydrogen-bond acceptors (Lipinski definition) is 4. The minimum Gasteiger partial charge on any atom is -0.484 e. The molecule has 166 valence electrons. The van der Waals surface area contributed by atoms with E-state index in [1.165, 1.54) is 0 Å². The monoisotopic (exact) mass is 437 g/mol. The summed E-state index contributed by atoms with van der Waals surface area (Å²) in [5.74, 6) is 1.09. The first-order chi connectivity index (χ1) is 16.3. The van der Waals surface area contributed by atoms with Crippen LogP contribution < -0.4 is 4.74 Å². The number of carbonyl (C=O) groups is 1. The third-order valence-corrected chi connectivity index (χ3v) is 6.25. The molecule has 0 saturated heterocycles. The van der Waals surface area contributed by atoms with E-state index >= 15 is 0 Å². The molecule has 2 aromatic heterocycles. The van der Waals surface area contributed by atoms with Crippen LogP contribution in [-0.2, 0) is 25.8 Å². The first kappa shape index (κ1) is 21.1. The Bertz CT molecular complexity index is 1200. The van der Waals surface area contributed by atoms with Crippen molar-refractivity contribution >= 4 is 5.78 Å². The van der Waals surface area contributed by atoms with Gasteiger partial charge in [-0.15, -0.1) is 0 Å². The van der Waals surface area contributed by atoms with Gasteiger partial charge < -0.3 is 9.30 Å². The maximum atomic E-state index is 12.6. The number of nitrogens with zero attached hydrogens (tertiary/aromatic N) is 3.